The average Bonchev–Trinajstić information content (AvgIpc) is 2.52. The van der Waals surface area contributed by atoms with E-state index in [1.54, 1.807) is 6.92 Å². The number of hydrogen-bond acceptors (Lipinski definition) is 4. The molecule has 0 aliphatic heterocycles. The molecule has 0 unspecified atom stereocenters. The number of likely N-dealkylation sites (N-methyl/N-ethyl adjacent to an activating group) is 1. The lowest BCUT2D eigenvalue weighted by Gasteiger charge is -2.14. The topological polar surface area (TPSA) is 96.5 Å². The van der Waals surface area contributed by atoms with E-state index < -0.39 is 18.0 Å². The molecule has 0 aliphatic carbocycles. The van der Waals surface area contributed by atoms with Gasteiger partial charge in [0.15, 0.2) is 0 Å². The van der Waals surface area contributed by atoms with E-state index in [0.29, 0.717) is 6.54 Å². The normalized spacial score (nSPS) is 11.2. The molecule has 0 spiro atoms. The van der Waals surface area contributed by atoms with Gasteiger partial charge in [-0.25, -0.2) is 4.79 Å². The Morgan fingerprint density at radius 3 is 2.45 bits per heavy atom. The molecule has 22 heavy (non-hydrogen) atoms. The number of carbonyl (C=O) groups excluding carboxylic acids is 3. The zero-order valence-electron chi connectivity index (χ0n) is 12.7. The van der Waals surface area contributed by atoms with Gasteiger partial charge in [0.2, 0.25) is 11.8 Å². The summed E-state index contributed by atoms with van der Waals surface area (Å²) in [5.74, 6) is -0.738. The maximum atomic E-state index is 11.7. The van der Waals surface area contributed by atoms with Gasteiger partial charge in [-0.2, -0.15) is 0 Å². The highest BCUT2D eigenvalue weighted by Gasteiger charge is 2.16. The van der Waals surface area contributed by atoms with Crippen LogP contribution in [0.3, 0.4) is 0 Å². The van der Waals surface area contributed by atoms with Crippen LogP contribution in [0.4, 0.5) is 4.79 Å². The lowest BCUT2D eigenvalue weighted by Crippen LogP contribution is -2.47. The van der Waals surface area contributed by atoms with Crippen LogP contribution in [0.5, 0.6) is 0 Å². The van der Waals surface area contributed by atoms with Crippen LogP contribution < -0.4 is 16.0 Å². The summed E-state index contributed by atoms with van der Waals surface area (Å²) < 4.78 is 5.00. The third-order valence-corrected chi connectivity index (χ3v) is 2.74. The Kier molecular flexibility index (Phi) is 7.45. The molecule has 0 aromatic heterocycles. The van der Waals surface area contributed by atoms with E-state index in [1.165, 1.54) is 6.92 Å². The van der Waals surface area contributed by atoms with Gasteiger partial charge >= 0.3 is 6.09 Å². The molecule has 7 heteroatoms. The van der Waals surface area contributed by atoms with Gasteiger partial charge in [0.1, 0.15) is 12.6 Å². The molecule has 1 aromatic rings. The minimum Gasteiger partial charge on any atom is -0.445 e. The Hall–Kier alpha value is -2.57. The minimum atomic E-state index is -0.794. The van der Waals surface area contributed by atoms with E-state index in [4.69, 9.17) is 4.74 Å². The van der Waals surface area contributed by atoms with Crippen molar-refractivity contribution in [1.29, 1.82) is 0 Å². The van der Waals surface area contributed by atoms with Crippen molar-refractivity contribution in [2.24, 2.45) is 0 Å². The molecular weight excluding hydrogens is 286 g/mol. The molecule has 0 fully saturated rings. The van der Waals surface area contributed by atoms with Gasteiger partial charge in [-0.15, -0.1) is 0 Å². The lowest BCUT2D eigenvalue weighted by atomic mass is 10.2. The van der Waals surface area contributed by atoms with Crippen molar-refractivity contribution in [3.05, 3.63) is 35.9 Å². The quantitative estimate of drug-likeness (QED) is 0.685. The van der Waals surface area contributed by atoms with E-state index in [-0.39, 0.29) is 19.1 Å². The molecule has 0 saturated heterocycles. The van der Waals surface area contributed by atoms with Gasteiger partial charge in [-0.05, 0) is 19.4 Å². The summed E-state index contributed by atoms with van der Waals surface area (Å²) in [5.41, 5.74) is 0.853. The van der Waals surface area contributed by atoms with Crippen LogP contribution in [0.2, 0.25) is 0 Å². The predicted octanol–water partition coefficient (Wildman–Crippen LogP) is 0.554. The molecule has 0 aliphatic rings. The number of alkyl carbamates (subject to hydrolysis) is 1. The number of amides is 3. The second-order valence-electron chi connectivity index (χ2n) is 4.60. The summed E-state index contributed by atoms with van der Waals surface area (Å²) in [5, 5.41) is 7.38. The van der Waals surface area contributed by atoms with E-state index in [0.717, 1.165) is 5.56 Å². The average molecular weight is 307 g/mol. The molecule has 0 heterocycles. The molecular formula is C15H21N3O4. The summed E-state index contributed by atoms with van der Waals surface area (Å²) in [6.45, 7) is 3.79. The molecule has 0 saturated carbocycles. The van der Waals surface area contributed by atoms with Gasteiger partial charge in [-0.3, -0.25) is 9.59 Å². The molecule has 7 nitrogen and oxygen atoms in total. The van der Waals surface area contributed by atoms with Crippen molar-refractivity contribution < 1.29 is 19.1 Å². The minimum absolute atomic E-state index is 0.125. The van der Waals surface area contributed by atoms with E-state index >= 15 is 0 Å². The molecule has 1 rings (SSSR count). The second-order valence-corrected chi connectivity index (χ2v) is 4.60. The van der Waals surface area contributed by atoms with Crippen LogP contribution in [0, 0.1) is 0 Å². The Balaban J connectivity index is 2.28. The van der Waals surface area contributed by atoms with Crippen LogP contribution in [0.25, 0.3) is 0 Å². The van der Waals surface area contributed by atoms with Crippen molar-refractivity contribution in [3.63, 3.8) is 0 Å². The summed E-state index contributed by atoms with van der Waals surface area (Å²) in [6, 6.07) is 8.41. The van der Waals surface area contributed by atoms with Crippen LogP contribution in [0.1, 0.15) is 19.4 Å². The van der Waals surface area contributed by atoms with Gasteiger partial charge < -0.3 is 20.7 Å². The smallest absolute Gasteiger partial charge is 0.408 e. The van der Waals surface area contributed by atoms with Gasteiger partial charge in [0.05, 0.1) is 6.54 Å². The van der Waals surface area contributed by atoms with Crippen molar-refractivity contribution in [3.8, 4) is 0 Å². The Morgan fingerprint density at radius 1 is 1.14 bits per heavy atom. The summed E-state index contributed by atoms with van der Waals surface area (Å²) >= 11 is 0. The summed E-state index contributed by atoms with van der Waals surface area (Å²) in [7, 11) is 0. The lowest BCUT2D eigenvalue weighted by molar-refractivity contribution is -0.126. The number of hydrogen-bond donors (Lipinski definition) is 3. The molecule has 1 atom stereocenters. The van der Waals surface area contributed by atoms with Gasteiger partial charge in [0, 0.05) is 6.54 Å². The Morgan fingerprint density at radius 2 is 1.82 bits per heavy atom. The highest BCUT2D eigenvalue weighted by molar-refractivity contribution is 5.89. The Labute approximate surface area is 129 Å². The zero-order valence-corrected chi connectivity index (χ0v) is 12.7. The monoisotopic (exact) mass is 307 g/mol. The number of rotatable bonds is 7. The van der Waals surface area contributed by atoms with Crippen LogP contribution in [0.15, 0.2) is 30.3 Å². The molecule has 0 bridgehead atoms. The highest BCUT2D eigenvalue weighted by atomic mass is 16.5. The van der Waals surface area contributed by atoms with Crippen LogP contribution >= 0.6 is 0 Å². The predicted molar refractivity (Wildman–Crippen MR) is 80.9 cm³/mol. The largest absolute Gasteiger partial charge is 0.445 e. The van der Waals surface area contributed by atoms with Crippen molar-refractivity contribution >= 4 is 17.9 Å². The fourth-order valence-corrected chi connectivity index (χ4v) is 1.59. The van der Waals surface area contributed by atoms with E-state index in [1.807, 2.05) is 30.3 Å². The number of ether oxygens (including phenoxy) is 1. The number of carbonyl (C=O) groups is 3. The Bertz CT molecular complexity index is 505. The molecule has 1 aromatic carbocycles. The first-order valence-corrected chi connectivity index (χ1v) is 7.04. The maximum Gasteiger partial charge on any atom is 0.408 e. The fourth-order valence-electron chi connectivity index (χ4n) is 1.59. The second kappa shape index (κ2) is 9.38. The zero-order chi connectivity index (χ0) is 16.4. The number of nitrogens with one attached hydrogen (secondary N) is 3. The standard InChI is InChI=1S/C15H21N3O4/c1-3-16-13(19)9-17-14(20)11(2)18-15(21)22-10-12-7-5-4-6-8-12/h4-8,11H,3,9-10H2,1-2H3,(H,16,19)(H,17,20)(H,18,21)/t11-/m0/s1. The van der Waals surface area contributed by atoms with Crippen LogP contribution in [-0.4, -0.2) is 37.0 Å². The highest BCUT2D eigenvalue weighted by Crippen LogP contribution is 2.00. The van der Waals surface area contributed by atoms with Gasteiger partial charge in [-0.1, -0.05) is 30.3 Å². The van der Waals surface area contributed by atoms with Gasteiger partial charge in [0.25, 0.3) is 0 Å². The van der Waals surface area contributed by atoms with E-state index in [9.17, 15) is 14.4 Å². The SMILES string of the molecule is CCNC(=O)CNC(=O)[C@H](C)NC(=O)OCc1ccccc1. The third-order valence-electron chi connectivity index (χ3n) is 2.74. The molecule has 3 amide bonds. The van der Waals surface area contributed by atoms with Crippen LogP contribution in [-0.2, 0) is 20.9 Å². The first kappa shape index (κ1) is 17.5. The van der Waals surface area contributed by atoms with E-state index in [2.05, 4.69) is 16.0 Å². The number of benzene rings is 1. The first-order chi connectivity index (χ1) is 10.5. The fraction of sp³-hybridized carbons (Fsp3) is 0.400. The third kappa shape index (κ3) is 6.74. The molecule has 3 N–H and O–H groups in total. The summed E-state index contributed by atoms with van der Waals surface area (Å²) in [4.78, 5) is 34.5. The van der Waals surface area contributed by atoms with Crippen molar-refractivity contribution in [2.75, 3.05) is 13.1 Å². The first-order valence-electron chi connectivity index (χ1n) is 7.04. The van der Waals surface area contributed by atoms with Crippen molar-refractivity contribution in [2.45, 2.75) is 26.5 Å². The maximum absolute atomic E-state index is 11.7. The van der Waals surface area contributed by atoms with Crippen molar-refractivity contribution in [1.82, 2.24) is 16.0 Å². The molecule has 120 valence electrons. The molecule has 0 radical (unpaired) electrons. The summed E-state index contributed by atoms with van der Waals surface area (Å²) in [6.07, 6.45) is -0.690.